The maximum absolute atomic E-state index is 11.0. The van der Waals surface area contributed by atoms with E-state index in [0.717, 1.165) is 5.56 Å². The van der Waals surface area contributed by atoms with Crippen molar-refractivity contribution in [3.05, 3.63) is 74.2 Å². The number of nitro groups is 1. The van der Waals surface area contributed by atoms with Gasteiger partial charge in [0, 0.05) is 18.7 Å². The molecule has 1 aliphatic carbocycles. The molecule has 2 aromatic rings. The molecule has 1 N–H and O–H groups in total. The summed E-state index contributed by atoms with van der Waals surface area (Å²) in [7, 11) is 0. The number of nitrogens with zero attached hydrogens (tertiary/aromatic N) is 1. The van der Waals surface area contributed by atoms with Gasteiger partial charge < -0.3 is 5.32 Å². The average molecular weight is 361 g/mol. The van der Waals surface area contributed by atoms with Crippen LogP contribution in [-0.2, 0) is 6.54 Å². The maximum Gasteiger partial charge on any atom is 0.283 e. The Kier molecular flexibility index (Phi) is 4.55. The van der Waals surface area contributed by atoms with Gasteiger partial charge in [0.15, 0.2) is 0 Å². The van der Waals surface area contributed by atoms with Crippen molar-refractivity contribution in [2.24, 2.45) is 5.92 Å². The highest BCUT2D eigenvalue weighted by Crippen LogP contribution is 2.41. The Morgan fingerprint density at radius 1 is 1.23 bits per heavy atom. The van der Waals surface area contributed by atoms with Crippen LogP contribution in [0.4, 0.5) is 5.69 Å². The van der Waals surface area contributed by atoms with Gasteiger partial charge in [0.1, 0.15) is 0 Å². The second-order valence-electron chi connectivity index (χ2n) is 5.65. The summed E-state index contributed by atoms with van der Waals surface area (Å²) in [5.41, 5.74) is 2.33. The monoisotopic (exact) mass is 360 g/mol. The van der Waals surface area contributed by atoms with Crippen LogP contribution in [0.2, 0.25) is 0 Å². The third kappa shape index (κ3) is 3.54. The van der Waals surface area contributed by atoms with Gasteiger partial charge in [0.2, 0.25) is 0 Å². The van der Waals surface area contributed by atoms with Crippen molar-refractivity contribution in [1.29, 1.82) is 0 Å². The first-order valence-electron chi connectivity index (χ1n) is 7.36. The highest BCUT2D eigenvalue weighted by molar-refractivity contribution is 9.10. The Balaban J connectivity index is 1.73. The molecule has 0 spiro atoms. The van der Waals surface area contributed by atoms with Crippen molar-refractivity contribution >= 4 is 21.6 Å². The molecule has 4 nitrogen and oxygen atoms in total. The minimum Gasteiger partial charge on any atom is -0.306 e. The van der Waals surface area contributed by atoms with Crippen LogP contribution in [0.15, 0.2) is 53.0 Å². The molecule has 5 heteroatoms. The summed E-state index contributed by atoms with van der Waals surface area (Å²) in [5, 5.41) is 14.6. The molecule has 0 heterocycles. The van der Waals surface area contributed by atoms with Crippen molar-refractivity contribution in [1.82, 2.24) is 5.32 Å². The Hall–Kier alpha value is -1.72. The smallest absolute Gasteiger partial charge is 0.283 e. The summed E-state index contributed by atoms with van der Waals surface area (Å²) < 4.78 is 0.517. The van der Waals surface area contributed by atoms with Crippen molar-refractivity contribution in [2.75, 3.05) is 0 Å². The largest absolute Gasteiger partial charge is 0.306 e. The van der Waals surface area contributed by atoms with Gasteiger partial charge in [-0.15, -0.1) is 0 Å². The molecule has 0 amide bonds. The molecular weight excluding hydrogens is 344 g/mol. The van der Waals surface area contributed by atoms with E-state index in [4.69, 9.17) is 0 Å². The molecule has 1 unspecified atom stereocenters. The normalized spacial score (nSPS) is 15.5. The van der Waals surface area contributed by atoms with Gasteiger partial charge in [0.25, 0.3) is 5.69 Å². The van der Waals surface area contributed by atoms with Gasteiger partial charge in [-0.3, -0.25) is 10.1 Å². The molecule has 1 fully saturated rings. The van der Waals surface area contributed by atoms with Gasteiger partial charge >= 0.3 is 0 Å². The van der Waals surface area contributed by atoms with Crippen LogP contribution in [-0.4, -0.2) is 4.92 Å². The molecule has 0 radical (unpaired) electrons. The quantitative estimate of drug-likeness (QED) is 0.604. The van der Waals surface area contributed by atoms with E-state index in [1.165, 1.54) is 18.4 Å². The third-order valence-corrected chi connectivity index (χ3v) is 4.66. The summed E-state index contributed by atoms with van der Waals surface area (Å²) in [5.74, 6) is 0.674. The SMILES string of the molecule is O=[N+]([O-])c1cc(CNC(c2ccccc2)C2CC2)ccc1Br. The minimum absolute atomic E-state index is 0.113. The van der Waals surface area contributed by atoms with E-state index in [-0.39, 0.29) is 10.6 Å². The van der Waals surface area contributed by atoms with Crippen molar-refractivity contribution in [3.63, 3.8) is 0 Å². The highest BCUT2D eigenvalue weighted by Gasteiger charge is 2.31. The molecule has 114 valence electrons. The first-order chi connectivity index (χ1) is 10.6. The first kappa shape index (κ1) is 15.2. The zero-order valence-corrected chi connectivity index (χ0v) is 13.6. The second kappa shape index (κ2) is 6.58. The first-order valence-corrected chi connectivity index (χ1v) is 8.15. The molecule has 3 rings (SSSR count). The minimum atomic E-state index is -0.358. The molecule has 1 aliphatic rings. The lowest BCUT2D eigenvalue weighted by atomic mass is 10.0. The van der Waals surface area contributed by atoms with Crippen LogP contribution >= 0.6 is 15.9 Å². The van der Waals surface area contributed by atoms with E-state index in [0.29, 0.717) is 23.0 Å². The number of hydrogen-bond donors (Lipinski definition) is 1. The fourth-order valence-corrected chi connectivity index (χ4v) is 3.07. The lowest BCUT2D eigenvalue weighted by Crippen LogP contribution is -2.22. The lowest BCUT2D eigenvalue weighted by Gasteiger charge is -2.19. The number of halogens is 1. The molecule has 0 saturated heterocycles. The molecular formula is C17H17BrN2O2. The van der Waals surface area contributed by atoms with Gasteiger partial charge in [-0.25, -0.2) is 0 Å². The molecule has 0 bridgehead atoms. The van der Waals surface area contributed by atoms with E-state index in [9.17, 15) is 10.1 Å². The van der Waals surface area contributed by atoms with Crippen LogP contribution in [0.25, 0.3) is 0 Å². The van der Waals surface area contributed by atoms with E-state index in [2.05, 4.69) is 45.5 Å². The van der Waals surface area contributed by atoms with Crippen LogP contribution < -0.4 is 5.32 Å². The second-order valence-corrected chi connectivity index (χ2v) is 6.50. The van der Waals surface area contributed by atoms with Crippen molar-refractivity contribution < 1.29 is 4.92 Å². The molecule has 0 aliphatic heterocycles. The topological polar surface area (TPSA) is 55.2 Å². The summed E-state index contributed by atoms with van der Waals surface area (Å²) >= 11 is 3.22. The van der Waals surface area contributed by atoms with Gasteiger partial charge in [-0.05, 0) is 51.9 Å². The van der Waals surface area contributed by atoms with Gasteiger partial charge in [-0.1, -0.05) is 36.4 Å². The summed E-state index contributed by atoms with van der Waals surface area (Å²) in [6.45, 7) is 0.629. The zero-order valence-electron chi connectivity index (χ0n) is 12.0. The van der Waals surface area contributed by atoms with Gasteiger partial charge in [0.05, 0.1) is 9.40 Å². The summed E-state index contributed by atoms with van der Waals surface area (Å²) in [6.07, 6.45) is 2.49. The average Bonchev–Trinajstić information content (AvgIpc) is 3.35. The molecule has 1 atom stereocenters. The summed E-state index contributed by atoms with van der Waals surface area (Å²) in [6, 6.07) is 16.0. The number of rotatable bonds is 6. The number of hydrogen-bond acceptors (Lipinski definition) is 3. The molecule has 22 heavy (non-hydrogen) atoms. The Bertz CT molecular complexity index is 672. The zero-order chi connectivity index (χ0) is 15.5. The number of benzene rings is 2. The van der Waals surface area contributed by atoms with Gasteiger partial charge in [-0.2, -0.15) is 0 Å². The van der Waals surface area contributed by atoms with Crippen LogP contribution in [0.1, 0.15) is 30.0 Å². The standard InChI is InChI=1S/C17H17BrN2O2/c18-15-9-6-12(10-16(15)20(21)22)11-19-17(14-7-8-14)13-4-2-1-3-5-13/h1-6,9-10,14,17,19H,7-8,11H2. The Morgan fingerprint density at radius 3 is 2.59 bits per heavy atom. The third-order valence-electron chi connectivity index (χ3n) is 3.99. The predicted octanol–water partition coefficient (Wildman–Crippen LogP) is 4.60. The van der Waals surface area contributed by atoms with E-state index in [1.807, 2.05) is 12.1 Å². The molecule has 2 aromatic carbocycles. The van der Waals surface area contributed by atoms with E-state index < -0.39 is 0 Å². The maximum atomic E-state index is 11.0. The Labute approximate surface area is 137 Å². The van der Waals surface area contributed by atoms with E-state index >= 15 is 0 Å². The molecule has 0 aromatic heterocycles. The van der Waals surface area contributed by atoms with Crippen LogP contribution in [0.5, 0.6) is 0 Å². The van der Waals surface area contributed by atoms with Crippen molar-refractivity contribution in [2.45, 2.75) is 25.4 Å². The highest BCUT2D eigenvalue weighted by atomic mass is 79.9. The predicted molar refractivity (Wildman–Crippen MR) is 89.5 cm³/mol. The van der Waals surface area contributed by atoms with Crippen molar-refractivity contribution in [3.8, 4) is 0 Å². The van der Waals surface area contributed by atoms with Crippen LogP contribution in [0.3, 0.4) is 0 Å². The van der Waals surface area contributed by atoms with E-state index in [1.54, 1.807) is 12.1 Å². The van der Waals surface area contributed by atoms with Crippen LogP contribution in [0, 0.1) is 16.0 Å². The number of nitrogens with one attached hydrogen (secondary N) is 1. The fourth-order valence-electron chi connectivity index (χ4n) is 2.68. The molecule has 1 saturated carbocycles. The summed E-state index contributed by atoms with van der Waals surface area (Å²) in [4.78, 5) is 10.6. The lowest BCUT2D eigenvalue weighted by molar-refractivity contribution is -0.385. The number of nitro benzene ring substituents is 1. The Morgan fingerprint density at radius 2 is 1.95 bits per heavy atom. The fraction of sp³-hybridized carbons (Fsp3) is 0.294.